The summed E-state index contributed by atoms with van der Waals surface area (Å²) >= 11 is 0.662. The molecule has 14 heteroatoms. The molecule has 0 aliphatic heterocycles. The molecule has 2 aromatic rings. The molecule has 0 spiro atoms. The van der Waals surface area contributed by atoms with E-state index >= 15 is 0 Å². The molecule has 1 amide bonds. The lowest BCUT2D eigenvalue weighted by atomic mass is 10.2. The van der Waals surface area contributed by atoms with Crippen LogP contribution in [0.1, 0.15) is 30.3 Å². The van der Waals surface area contributed by atoms with Crippen molar-refractivity contribution in [2.45, 2.75) is 26.8 Å². The van der Waals surface area contributed by atoms with Gasteiger partial charge in [0.2, 0.25) is 11.5 Å². The summed E-state index contributed by atoms with van der Waals surface area (Å²) < 4.78 is 42.2. The zero-order valence-corrected chi connectivity index (χ0v) is 20.4. The van der Waals surface area contributed by atoms with Gasteiger partial charge < -0.3 is 20.4 Å². The summed E-state index contributed by atoms with van der Waals surface area (Å²) in [5, 5.41) is -0.566. The molecular weight excluding hydrogens is 505 g/mol. The van der Waals surface area contributed by atoms with Crippen LogP contribution in [0.5, 0.6) is 0 Å². The number of carbonyl (C=O) groups is 2. The van der Waals surface area contributed by atoms with Gasteiger partial charge in [0.1, 0.15) is 23.3 Å². The Balaban J connectivity index is 2.28. The Hall–Kier alpha value is -2.96. The molecule has 1 aromatic carbocycles. The van der Waals surface area contributed by atoms with E-state index in [1.54, 1.807) is 6.92 Å². The molecule has 1 heterocycles. The number of anilines is 1. The minimum atomic E-state index is -4.76. The number of carbonyl (C=O) groups excluding carboxylic acids is 2. The van der Waals surface area contributed by atoms with Crippen molar-refractivity contribution in [3.8, 4) is 0 Å². The van der Waals surface area contributed by atoms with Gasteiger partial charge in [-0.25, -0.2) is 23.3 Å². The van der Waals surface area contributed by atoms with Gasteiger partial charge in [-0.05, 0) is 49.4 Å². The number of aryl methyl sites for hydroxylation is 1. The second-order valence-electron chi connectivity index (χ2n) is 7.10. The fraction of sp³-hybridized carbons (Fsp3) is 0.238. The molecule has 0 atom stereocenters. The van der Waals surface area contributed by atoms with E-state index < -0.39 is 31.2 Å². The Labute approximate surface area is 204 Å². The van der Waals surface area contributed by atoms with Crippen LogP contribution in [0.4, 0.5) is 14.6 Å². The Morgan fingerprint density at radius 3 is 2.51 bits per heavy atom. The molecule has 0 saturated heterocycles. The van der Waals surface area contributed by atoms with Crippen LogP contribution in [0.3, 0.4) is 0 Å². The molecule has 188 valence electrons. The highest BCUT2D eigenvalue weighted by molar-refractivity contribution is 8.17. The van der Waals surface area contributed by atoms with Crippen LogP contribution in [0.25, 0.3) is 6.08 Å². The van der Waals surface area contributed by atoms with Gasteiger partial charge in [0.25, 0.3) is 0 Å². The molecule has 0 saturated carbocycles. The number of allylic oxidation sites excluding steroid dienone is 1. The second-order valence-corrected chi connectivity index (χ2v) is 9.44. The first-order valence-electron chi connectivity index (χ1n) is 9.93. The van der Waals surface area contributed by atoms with Crippen molar-refractivity contribution in [2.75, 3.05) is 12.3 Å². The van der Waals surface area contributed by atoms with Gasteiger partial charge in [-0.15, -0.1) is 0 Å². The van der Waals surface area contributed by atoms with E-state index in [0.29, 0.717) is 35.6 Å². The van der Waals surface area contributed by atoms with E-state index in [-0.39, 0.29) is 34.9 Å². The molecule has 0 fully saturated rings. The standard InChI is InChI=1S/C21H23F2N4O6PS/c1-13(27(12-28)11-16-10-25-14(2)26-21(16)24)19(5-6-33-34(30,31)32)35-20(29)4-3-15-7-17(22)9-18(23)8-15/h3-4,7-10,12H,5-6,11H2,1-2H3,(H2,24,25,26)(H2,30,31,32)/b4-3+,19-13-. The van der Waals surface area contributed by atoms with Crippen LogP contribution in [-0.4, -0.2) is 42.8 Å². The Morgan fingerprint density at radius 1 is 1.29 bits per heavy atom. The van der Waals surface area contributed by atoms with Crippen molar-refractivity contribution < 1.29 is 37.2 Å². The number of thioether (sulfide) groups is 1. The third kappa shape index (κ3) is 9.67. The maximum absolute atomic E-state index is 13.4. The molecule has 0 radical (unpaired) electrons. The third-order valence-electron chi connectivity index (χ3n) is 4.43. The van der Waals surface area contributed by atoms with Crippen molar-refractivity contribution in [1.82, 2.24) is 14.9 Å². The first kappa shape index (κ1) is 28.3. The van der Waals surface area contributed by atoms with Gasteiger partial charge in [0.15, 0.2) is 0 Å². The smallest absolute Gasteiger partial charge is 0.383 e. The van der Waals surface area contributed by atoms with E-state index in [9.17, 15) is 22.9 Å². The number of phosphoric ester groups is 1. The van der Waals surface area contributed by atoms with Crippen molar-refractivity contribution in [3.05, 3.63) is 69.7 Å². The van der Waals surface area contributed by atoms with E-state index in [4.69, 9.17) is 15.5 Å². The SMILES string of the molecule is C/C(=C(\CCOP(=O)(O)O)SC(=O)/C=C/c1cc(F)cc(F)c1)N(C=O)Cc1cnc(C)nc1N. The molecule has 0 aliphatic rings. The molecule has 35 heavy (non-hydrogen) atoms. The monoisotopic (exact) mass is 528 g/mol. The third-order valence-corrected chi connectivity index (χ3v) is 6.03. The average Bonchev–Trinajstić information content (AvgIpc) is 2.74. The van der Waals surface area contributed by atoms with Crippen molar-refractivity contribution >= 4 is 43.0 Å². The number of rotatable bonds is 11. The van der Waals surface area contributed by atoms with Crippen molar-refractivity contribution in [2.24, 2.45) is 0 Å². The molecule has 10 nitrogen and oxygen atoms in total. The maximum Gasteiger partial charge on any atom is 0.469 e. The minimum absolute atomic E-state index is 0.0303. The highest BCUT2D eigenvalue weighted by atomic mass is 32.2. The lowest BCUT2D eigenvalue weighted by Gasteiger charge is -2.22. The zero-order chi connectivity index (χ0) is 26.2. The van der Waals surface area contributed by atoms with Crippen LogP contribution >= 0.6 is 19.6 Å². The Kier molecular flexibility index (Phi) is 10.2. The zero-order valence-electron chi connectivity index (χ0n) is 18.7. The fourth-order valence-electron chi connectivity index (χ4n) is 2.77. The number of nitrogens with two attached hydrogens (primary N) is 1. The van der Waals surface area contributed by atoms with E-state index in [1.807, 2.05) is 0 Å². The van der Waals surface area contributed by atoms with Crippen LogP contribution in [0.2, 0.25) is 0 Å². The van der Waals surface area contributed by atoms with Gasteiger partial charge in [-0.3, -0.25) is 14.1 Å². The van der Waals surface area contributed by atoms with E-state index in [1.165, 1.54) is 24.1 Å². The van der Waals surface area contributed by atoms with E-state index in [0.717, 1.165) is 18.2 Å². The normalized spacial score (nSPS) is 12.5. The number of halogens is 2. The number of benzene rings is 1. The van der Waals surface area contributed by atoms with E-state index in [2.05, 4.69) is 14.5 Å². The van der Waals surface area contributed by atoms with Gasteiger partial charge in [-0.1, -0.05) is 6.08 Å². The van der Waals surface area contributed by atoms with Crippen molar-refractivity contribution in [3.63, 3.8) is 0 Å². The number of amides is 1. The summed E-state index contributed by atoms with van der Waals surface area (Å²) in [6, 6.07) is 2.77. The van der Waals surface area contributed by atoms with Crippen LogP contribution in [0.15, 0.2) is 41.1 Å². The molecule has 1 aromatic heterocycles. The summed E-state index contributed by atoms with van der Waals surface area (Å²) in [5.74, 6) is -1.01. The summed E-state index contributed by atoms with van der Waals surface area (Å²) in [6.45, 7) is 2.70. The van der Waals surface area contributed by atoms with Gasteiger partial charge in [0, 0.05) is 34.8 Å². The topological polar surface area (TPSA) is 156 Å². The summed E-state index contributed by atoms with van der Waals surface area (Å²) in [4.78, 5) is 51.8. The van der Waals surface area contributed by atoms with Crippen molar-refractivity contribution in [1.29, 1.82) is 0 Å². The summed E-state index contributed by atoms with van der Waals surface area (Å²) in [5.41, 5.74) is 6.74. The lowest BCUT2D eigenvalue weighted by Crippen LogP contribution is -2.22. The number of hydrogen-bond acceptors (Lipinski definition) is 8. The molecule has 4 N–H and O–H groups in total. The predicted octanol–water partition coefficient (Wildman–Crippen LogP) is 3.31. The Morgan fingerprint density at radius 2 is 1.94 bits per heavy atom. The number of hydrogen-bond donors (Lipinski definition) is 3. The molecule has 0 bridgehead atoms. The quantitative estimate of drug-likeness (QED) is 0.225. The molecular formula is C21H23F2N4O6PS. The molecule has 0 aliphatic carbocycles. The summed E-state index contributed by atoms with van der Waals surface area (Å²) in [7, 11) is -4.76. The predicted molar refractivity (Wildman–Crippen MR) is 126 cm³/mol. The van der Waals surface area contributed by atoms with Gasteiger partial charge >= 0.3 is 7.82 Å². The highest BCUT2D eigenvalue weighted by Crippen LogP contribution is 2.37. The first-order valence-corrected chi connectivity index (χ1v) is 12.3. The Bertz CT molecular complexity index is 1180. The number of phosphoric acid groups is 1. The summed E-state index contributed by atoms with van der Waals surface area (Å²) in [6.07, 6.45) is 4.11. The van der Waals surface area contributed by atoms with Gasteiger partial charge in [0.05, 0.1) is 13.2 Å². The second kappa shape index (κ2) is 12.7. The largest absolute Gasteiger partial charge is 0.469 e. The number of nitrogen functional groups attached to an aromatic ring is 1. The van der Waals surface area contributed by atoms with Crippen LogP contribution in [0, 0.1) is 18.6 Å². The average molecular weight is 528 g/mol. The minimum Gasteiger partial charge on any atom is -0.383 e. The van der Waals surface area contributed by atoms with Gasteiger partial charge in [-0.2, -0.15) is 0 Å². The molecule has 0 unspecified atom stereocenters. The van der Waals surface area contributed by atoms with Crippen LogP contribution < -0.4 is 5.73 Å². The fourth-order valence-corrected chi connectivity index (χ4v) is 3.93. The maximum atomic E-state index is 13.4. The highest BCUT2D eigenvalue weighted by Gasteiger charge is 2.19. The first-order chi connectivity index (χ1) is 16.4. The molecule has 2 rings (SSSR count). The lowest BCUT2D eigenvalue weighted by molar-refractivity contribution is -0.117. The van der Waals surface area contributed by atoms with Crippen LogP contribution in [-0.2, 0) is 25.2 Å². The number of nitrogens with zero attached hydrogens (tertiary/aromatic N) is 3. The number of aromatic nitrogens is 2.